The van der Waals surface area contributed by atoms with Crippen molar-refractivity contribution in [1.82, 2.24) is 10.2 Å². The van der Waals surface area contributed by atoms with Crippen molar-refractivity contribution in [3.05, 3.63) is 0 Å². The number of nitrogens with zero attached hydrogens (tertiary/aromatic N) is 1. The van der Waals surface area contributed by atoms with Crippen molar-refractivity contribution in [1.29, 1.82) is 0 Å². The largest absolute Gasteiger partial charge is 0.389 e. The van der Waals surface area contributed by atoms with Gasteiger partial charge < -0.3 is 20.1 Å². The Morgan fingerprint density at radius 3 is 2.50 bits per heavy atom. The summed E-state index contributed by atoms with van der Waals surface area (Å²) in [5.41, 5.74) is 0. The average molecular weight is 230 g/mol. The van der Waals surface area contributed by atoms with Gasteiger partial charge in [0, 0.05) is 12.6 Å². The van der Waals surface area contributed by atoms with Gasteiger partial charge in [-0.25, -0.2) is 0 Å². The first-order chi connectivity index (χ1) is 7.61. The number of hydrogen-bond donors (Lipinski definition) is 2. The van der Waals surface area contributed by atoms with Crippen molar-refractivity contribution in [2.75, 3.05) is 33.3 Å². The maximum absolute atomic E-state index is 9.79. The van der Waals surface area contributed by atoms with E-state index in [1.54, 1.807) is 0 Å². The van der Waals surface area contributed by atoms with Gasteiger partial charge in [0.2, 0.25) is 0 Å². The molecule has 0 aromatic rings. The maximum Gasteiger partial charge on any atom is 0.0900 e. The molecular formula is C12H26N2O2. The quantitative estimate of drug-likeness (QED) is 0.696. The van der Waals surface area contributed by atoms with E-state index in [4.69, 9.17) is 4.74 Å². The summed E-state index contributed by atoms with van der Waals surface area (Å²) in [5.74, 6) is 0. The second-order valence-electron chi connectivity index (χ2n) is 4.90. The Bertz CT molecular complexity index is 180. The number of hydrogen-bond acceptors (Lipinski definition) is 4. The van der Waals surface area contributed by atoms with Crippen LogP contribution < -0.4 is 5.32 Å². The minimum absolute atomic E-state index is 0.199. The van der Waals surface area contributed by atoms with Gasteiger partial charge in [0.05, 0.1) is 18.8 Å². The summed E-state index contributed by atoms with van der Waals surface area (Å²) < 4.78 is 5.40. The highest BCUT2D eigenvalue weighted by Crippen LogP contribution is 2.10. The maximum atomic E-state index is 9.79. The van der Waals surface area contributed by atoms with E-state index in [9.17, 15) is 5.11 Å². The number of β-amino-alcohol motifs (C(OH)–C–C–N with tert-alkyl or cyclic N) is 1. The number of aliphatic hydroxyl groups excluding tert-OH is 1. The molecule has 2 N–H and O–H groups in total. The van der Waals surface area contributed by atoms with Gasteiger partial charge in [0.15, 0.2) is 0 Å². The lowest BCUT2D eigenvalue weighted by Crippen LogP contribution is -2.44. The molecule has 1 atom stereocenters. The molecule has 0 bridgehead atoms. The van der Waals surface area contributed by atoms with E-state index < -0.39 is 0 Å². The zero-order valence-corrected chi connectivity index (χ0v) is 10.8. The predicted octanol–water partition coefficient (Wildman–Crippen LogP) is 0.456. The monoisotopic (exact) mass is 230 g/mol. The zero-order chi connectivity index (χ0) is 12.0. The number of aliphatic hydroxyl groups is 1. The van der Waals surface area contributed by atoms with E-state index in [0.717, 1.165) is 19.6 Å². The third kappa shape index (κ3) is 5.25. The molecule has 0 saturated carbocycles. The van der Waals surface area contributed by atoms with Crippen LogP contribution in [0, 0.1) is 0 Å². The molecule has 0 amide bonds. The first kappa shape index (κ1) is 13.9. The van der Waals surface area contributed by atoms with E-state index in [1.165, 1.54) is 12.8 Å². The number of piperidine rings is 1. The minimum atomic E-state index is -0.353. The fourth-order valence-corrected chi connectivity index (χ4v) is 2.06. The zero-order valence-electron chi connectivity index (χ0n) is 10.8. The summed E-state index contributed by atoms with van der Waals surface area (Å²) >= 11 is 0. The van der Waals surface area contributed by atoms with Crippen molar-refractivity contribution < 1.29 is 9.84 Å². The molecule has 96 valence electrons. The van der Waals surface area contributed by atoms with Gasteiger partial charge in [-0.15, -0.1) is 0 Å². The van der Waals surface area contributed by atoms with Gasteiger partial charge in [-0.05, 0) is 46.8 Å². The van der Waals surface area contributed by atoms with Crippen LogP contribution in [0.15, 0.2) is 0 Å². The lowest BCUT2D eigenvalue weighted by atomic mass is 10.1. The molecule has 1 saturated heterocycles. The third-order valence-corrected chi connectivity index (χ3v) is 3.09. The summed E-state index contributed by atoms with van der Waals surface area (Å²) in [4.78, 5) is 2.32. The molecule has 1 unspecified atom stereocenters. The molecule has 0 radical (unpaired) electrons. The molecular weight excluding hydrogens is 204 g/mol. The summed E-state index contributed by atoms with van der Waals surface area (Å²) in [6.07, 6.45) is 2.20. The highest BCUT2D eigenvalue weighted by atomic mass is 16.5. The number of nitrogens with one attached hydrogen (secondary N) is 1. The molecule has 0 aromatic carbocycles. The van der Waals surface area contributed by atoms with E-state index in [-0.39, 0.29) is 12.2 Å². The first-order valence-electron chi connectivity index (χ1n) is 6.31. The molecule has 0 spiro atoms. The highest BCUT2D eigenvalue weighted by molar-refractivity contribution is 4.77. The smallest absolute Gasteiger partial charge is 0.0900 e. The SMILES string of the molecule is CNC1CCN(CC(O)COC(C)C)CC1. The van der Waals surface area contributed by atoms with Crippen molar-refractivity contribution in [3.8, 4) is 0 Å². The molecule has 0 aromatic heterocycles. The average Bonchev–Trinajstić information content (AvgIpc) is 2.27. The van der Waals surface area contributed by atoms with Crippen molar-refractivity contribution in [2.24, 2.45) is 0 Å². The molecule has 0 aliphatic carbocycles. The van der Waals surface area contributed by atoms with Crippen LogP contribution in [-0.2, 0) is 4.74 Å². The van der Waals surface area contributed by atoms with Gasteiger partial charge in [0.25, 0.3) is 0 Å². The Morgan fingerprint density at radius 2 is 2.00 bits per heavy atom. The van der Waals surface area contributed by atoms with Crippen LogP contribution in [0.3, 0.4) is 0 Å². The van der Waals surface area contributed by atoms with Crippen LogP contribution in [0.4, 0.5) is 0 Å². The van der Waals surface area contributed by atoms with Crippen molar-refractivity contribution in [2.45, 2.75) is 44.9 Å². The molecule has 1 heterocycles. The fraction of sp³-hybridized carbons (Fsp3) is 1.00. The normalized spacial score (nSPS) is 21.6. The second-order valence-corrected chi connectivity index (χ2v) is 4.90. The Hall–Kier alpha value is -0.160. The van der Waals surface area contributed by atoms with Gasteiger partial charge in [-0.2, -0.15) is 0 Å². The van der Waals surface area contributed by atoms with Crippen LogP contribution in [0.5, 0.6) is 0 Å². The summed E-state index contributed by atoms with van der Waals surface area (Å²) in [6, 6.07) is 0.653. The second kappa shape index (κ2) is 7.22. The molecule has 4 heteroatoms. The summed E-state index contributed by atoms with van der Waals surface area (Å²) in [7, 11) is 2.02. The molecule has 16 heavy (non-hydrogen) atoms. The van der Waals surface area contributed by atoms with E-state index in [2.05, 4.69) is 10.2 Å². The van der Waals surface area contributed by atoms with Gasteiger partial charge in [-0.1, -0.05) is 0 Å². The van der Waals surface area contributed by atoms with Crippen LogP contribution in [-0.4, -0.2) is 61.5 Å². The lowest BCUT2D eigenvalue weighted by molar-refractivity contribution is -0.0114. The molecule has 4 nitrogen and oxygen atoms in total. The highest BCUT2D eigenvalue weighted by Gasteiger charge is 2.19. The summed E-state index contributed by atoms with van der Waals surface area (Å²) in [6.45, 7) is 7.32. The van der Waals surface area contributed by atoms with E-state index in [1.807, 2.05) is 20.9 Å². The van der Waals surface area contributed by atoms with Gasteiger partial charge in [0.1, 0.15) is 0 Å². The Morgan fingerprint density at radius 1 is 1.38 bits per heavy atom. The van der Waals surface area contributed by atoms with Crippen LogP contribution in [0.1, 0.15) is 26.7 Å². The molecule has 1 aliphatic heterocycles. The lowest BCUT2D eigenvalue weighted by Gasteiger charge is -2.33. The summed E-state index contributed by atoms with van der Waals surface area (Å²) in [5, 5.41) is 13.1. The van der Waals surface area contributed by atoms with Crippen molar-refractivity contribution in [3.63, 3.8) is 0 Å². The Balaban J connectivity index is 2.13. The number of rotatable bonds is 6. The Labute approximate surface area is 99.0 Å². The van der Waals surface area contributed by atoms with E-state index >= 15 is 0 Å². The molecule has 1 aliphatic rings. The van der Waals surface area contributed by atoms with Gasteiger partial charge >= 0.3 is 0 Å². The molecule has 1 rings (SSSR count). The fourth-order valence-electron chi connectivity index (χ4n) is 2.06. The standard InChI is InChI=1S/C12H26N2O2/c1-10(2)16-9-12(15)8-14-6-4-11(13-3)5-7-14/h10-13,15H,4-9H2,1-3H3. The van der Waals surface area contributed by atoms with Crippen molar-refractivity contribution >= 4 is 0 Å². The van der Waals surface area contributed by atoms with E-state index in [0.29, 0.717) is 12.6 Å². The number of likely N-dealkylation sites (tertiary alicyclic amines) is 1. The van der Waals surface area contributed by atoms with Crippen LogP contribution in [0.25, 0.3) is 0 Å². The first-order valence-corrected chi connectivity index (χ1v) is 6.31. The van der Waals surface area contributed by atoms with Gasteiger partial charge in [-0.3, -0.25) is 0 Å². The Kier molecular flexibility index (Phi) is 6.28. The number of ether oxygens (including phenoxy) is 1. The topological polar surface area (TPSA) is 44.7 Å². The van der Waals surface area contributed by atoms with Crippen LogP contribution in [0.2, 0.25) is 0 Å². The third-order valence-electron chi connectivity index (χ3n) is 3.09. The minimum Gasteiger partial charge on any atom is -0.389 e. The molecule has 1 fully saturated rings. The predicted molar refractivity (Wildman–Crippen MR) is 65.6 cm³/mol. The van der Waals surface area contributed by atoms with Crippen LogP contribution >= 0.6 is 0 Å².